The molecule has 1 aromatic heterocycles. The zero-order valence-corrected chi connectivity index (χ0v) is 23.2. The largest absolute Gasteiger partial charge is 0.507 e. The Morgan fingerprint density at radius 3 is 2.51 bits per heavy atom. The van der Waals surface area contributed by atoms with Crippen molar-refractivity contribution in [2.75, 3.05) is 19.8 Å². The Morgan fingerprint density at radius 2 is 1.85 bits per heavy atom. The highest BCUT2D eigenvalue weighted by molar-refractivity contribution is 6.46. The number of carbonyl (C=O) groups excluding carboxylic acids is 2. The van der Waals surface area contributed by atoms with E-state index >= 15 is 0 Å². The smallest absolute Gasteiger partial charge is 0.295 e. The summed E-state index contributed by atoms with van der Waals surface area (Å²) < 4.78 is 13.8. The third-order valence-corrected chi connectivity index (χ3v) is 6.82. The van der Waals surface area contributed by atoms with Crippen LogP contribution in [0.25, 0.3) is 5.76 Å². The molecule has 0 bridgehead atoms. The predicted molar refractivity (Wildman–Crippen MR) is 150 cm³/mol. The van der Waals surface area contributed by atoms with Crippen LogP contribution in [-0.4, -0.2) is 51.0 Å². The molecule has 1 saturated heterocycles. The van der Waals surface area contributed by atoms with Crippen LogP contribution in [-0.2, 0) is 16.1 Å². The number of rotatable bonds is 12. The number of hydrogen-bond donors (Lipinski definition) is 1. The highest BCUT2D eigenvalue weighted by Gasteiger charge is 2.46. The van der Waals surface area contributed by atoms with Crippen molar-refractivity contribution < 1.29 is 24.2 Å². The van der Waals surface area contributed by atoms with Crippen molar-refractivity contribution in [3.05, 3.63) is 82.9 Å². The van der Waals surface area contributed by atoms with E-state index in [1.165, 1.54) is 4.90 Å². The van der Waals surface area contributed by atoms with E-state index in [9.17, 15) is 14.7 Å². The first-order valence-electron chi connectivity index (χ1n) is 13.2. The molecule has 8 nitrogen and oxygen atoms in total. The lowest BCUT2D eigenvalue weighted by atomic mass is 9.95. The van der Waals surface area contributed by atoms with Gasteiger partial charge in [0.15, 0.2) is 11.5 Å². The molecule has 2 heterocycles. The molecule has 0 aliphatic carbocycles. The molecular weight excluding hydrogens is 518 g/mol. The van der Waals surface area contributed by atoms with Gasteiger partial charge in [-0.1, -0.05) is 31.5 Å². The van der Waals surface area contributed by atoms with Gasteiger partial charge in [0.1, 0.15) is 5.76 Å². The quantitative estimate of drug-likeness (QED) is 0.172. The molecule has 0 radical (unpaired) electrons. The number of imidazole rings is 1. The third-order valence-electron chi connectivity index (χ3n) is 6.57. The predicted octanol–water partition coefficient (Wildman–Crippen LogP) is 5.87. The molecule has 1 unspecified atom stereocenters. The van der Waals surface area contributed by atoms with Crippen molar-refractivity contribution in [2.24, 2.45) is 5.92 Å². The van der Waals surface area contributed by atoms with Crippen molar-refractivity contribution >= 4 is 29.1 Å². The van der Waals surface area contributed by atoms with Gasteiger partial charge in [0.25, 0.3) is 11.7 Å². The molecule has 0 saturated carbocycles. The van der Waals surface area contributed by atoms with Crippen LogP contribution in [0, 0.1) is 5.92 Å². The molecule has 4 rings (SSSR count). The van der Waals surface area contributed by atoms with E-state index in [4.69, 9.17) is 21.1 Å². The highest BCUT2D eigenvalue weighted by atomic mass is 35.5. The van der Waals surface area contributed by atoms with Crippen molar-refractivity contribution in [3.8, 4) is 11.5 Å². The summed E-state index contributed by atoms with van der Waals surface area (Å²) in [4.78, 5) is 32.2. The summed E-state index contributed by atoms with van der Waals surface area (Å²) in [7, 11) is 0. The SMILES string of the molecule is CCOc1cc(C2C(=C(O)c3ccc(Cl)cc3)C(=O)C(=O)N2CCCn2ccnc2)ccc1OCCC(C)C. The second-order valence-corrected chi connectivity index (χ2v) is 10.3. The minimum absolute atomic E-state index is 0.0286. The summed E-state index contributed by atoms with van der Waals surface area (Å²) in [5.74, 6) is -0.0241. The van der Waals surface area contributed by atoms with E-state index in [-0.39, 0.29) is 11.3 Å². The van der Waals surface area contributed by atoms with Gasteiger partial charge in [-0.3, -0.25) is 9.59 Å². The molecule has 9 heteroatoms. The maximum atomic E-state index is 13.3. The van der Waals surface area contributed by atoms with Crippen LogP contribution in [0.3, 0.4) is 0 Å². The summed E-state index contributed by atoms with van der Waals surface area (Å²) in [6.45, 7) is 8.04. The Labute approximate surface area is 233 Å². The van der Waals surface area contributed by atoms with Crippen LogP contribution < -0.4 is 9.47 Å². The Kier molecular flexibility index (Phi) is 9.30. The molecule has 1 atom stereocenters. The maximum Gasteiger partial charge on any atom is 0.295 e. The number of Topliss-reactive ketones (excluding diaryl/α,β-unsaturated/α-hetero) is 1. The van der Waals surface area contributed by atoms with Crippen LogP contribution in [0.15, 0.2) is 66.8 Å². The van der Waals surface area contributed by atoms with Crippen LogP contribution in [0.4, 0.5) is 0 Å². The van der Waals surface area contributed by atoms with Gasteiger partial charge in [-0.2, -0.15) is 0 Å². The summed E-state index contributed by atoms with van der Waals surface area (Å²) in [6, 6.07) is 11.1. The maximum absolute atomic E-state index is 13.3. The number of likely N-dealkylation sites (tertiary alicyclic amines) is 1. The van der Waals surface area contributed by atoms with Gasteiger partial charge in [-0.15, -0.1) is 0 Å². The zero-order valence-electron chi connectivity index (χ0n) is 22.5. The lowest BCUT2D eigenvalue weighted by Gasteiger charge is -2.26. The number of benzene rings is 2. The number of ether oxygens (including phenoxy) is 2. The Hall–Kier alpha value is -3.78. The van der Waals surface area contributed by atoms with Crippen LogP contribution in [0.1, 0.15) is 50.8 Å². The van der Waals surface area contributed by atoms with E-state index in [2.05, 4.69) is 18.8 Å². The molecule has 1 aliphatic heterocycles. The number of halogens is 1. The fourth-order valence-electron chi connectivity index (χ4n) is 4.55. The first-order chi connectivity index (χ1) is 18.8. The number of nitrogens with zero attached hydrogens (tertiary/aromatic N) is 3. The standard InChI is InChI=1S/C30H34ClN3O5/c1-4-38-25-18-22(8-11-24(25)39-17-12-20(2)3)27-26(28(35)21-6-9-23(31)10-7-21)29(36)30(37)34(27)15-5-14-33-16-13-32-19-33/h6-11,13,16,18-20,27,35H,4-5,12,14-15,17H2,1-3H3. The first kappa shape index (κ1) is 28.2. The fraction of sp³-hybridized carbons (Fsp3) is 0.367. The second kappa shape index (κ2) is 12.8. The Bertz CT molecular complexity index is 1320. The van der Waals surface area contributed by atoms with Crippen molar-refractivity contribution in [3.63, 3.8) is 0 Å². The molecule has 206 valence electrons. The number of aromatic nitrogens is 2. The fourth-order valence-corrected chi connectivity index (χ4v) is 4.68. The molecular formula is C30H34ClN3O5. The van der Waals surface area contributed by atoms with Crippen LogP contribution in [0.2, 0.25) is 5.02 Å². The summed E-state index contributed by atoms with van der Waals surface area (Å²) in [5, 5.41) is 11.8. The number of aryl methyl sites for hydroxylation is 1. The van der Waals surface area contributed by atoms with Gasteiger partial charge in [0, 0.05) is 36.1 Å². The zero-order chi connectivity index (χ0) is 27.9. The lowest BCUT2D eigenvalue weighted by molar-refractivity contribution is -0.139. The molecule has 2 aromatic carbocycles. The molecule has 39 heavy (non-hydrogen) atoms. The van der Waals surface area contributed by atoms with Gasteiger partial charge in [0.2, 0.25) is 0 Å². The van der Waals surface area contributed by atoms with Gasteiger partial charge < -0.3 is 24.0 Å². The summed E-state index contributed by atoms with van der Waals surface area (Å²) in [6.07, 6.45) is 6.73. The van der Waals surface area contributed by atoms with Crippen molar-refractivity contribution in [1.29, 1.82) is 0 Å². The molecule has 1 aliphatic rings. The van der Waals surface area contributed by atoms with Crippen molar-refractivity contribution in [2.45, 2.75) is 46.2 Å². The summed E-state index contributed by atoms with van der Waals surface area (Å²) >= 11 is 6.03. The van der Waals surface area contributed by atoms with Crippen molar-refractivity contribution in [1.82, 2.24) is 14.5 Å². The minimum Gasteiger partial charge on any atom is -0.507 e. The van der Waals surface area contributed by atoms with Gasteiger partial charge in [-0.05, 0) is 67.6 Å². The molecule has 1 N–H and O–H groups in total. The molecule has 1 amide bonds. The molecule has 0 spiro atoms. The van der Waals surface area contributed by atoms with Gasteiger partial charge in [0.05, 0.1) is 31.2 Å². The number of ketones is 1. The highest BCUT2D eigenvalue weighted by Crippen LogP contribution is 2.42. The van der Waals surface area contributed by atoms with E-state index in [1.807, 2.05) is 23.8 Å². The number of aliphatic hydroxyl groups is 1. The molecule has 3 aromatic rings. The topological polar surface area (TPSA) is 93.9 Å². The minimum atomic E-state index is -0.799. The monoisotopic (exact) mass is 551 g/mol. The second-order valence-electron chi connectivity index (χ2n) is 9.82. The summed E-state index contributed by atoms with van der Waals surface area (Å²) in [5.41, 5.74) is 1.08. The van der Waals surface area contributed by atoms with Gasteiger partial charge in [-0.25, -0.2) is 4.98 Å². The number of amides is 1. The third kappa shape index (κ3) is 6.63. The Balaban J connectivity index is 1.73. The van der Waals surface area contributed by atoms with E-state index in [0.29, 0.717) is 66.3 Å². The first-order valence-corrected chi connectivity index (χ1v) is 13.6. The van der Waals surface area contributed by atoms with Crippen LogP contribution >= 0.6 is 11.6 Å². The number of carbonyl (C=O) groups is 2. The average Bonchev–Trinajstić information content (AvgIpc) is 3.52. The number of hydrogen-bond acceptors (Lipinski definition) is 6. The van der Waals surface area contributed by atoms with Gasteiger partial charge >= 0.3 is 0 Å². The van der Waals surface area contributed by atoms with E-state index in [1.54, 1.807) is 48.9 Å². The average molecular weight is 552 g/mol. The normalized spacial score (nSPS) is 16.7. The molecule has 1 fully saturated rings. The van der Waals surface area contributed by atoms with E-state index in [0.717, 1.165) is 6.42 Å². The Morgan fingerprint density at radius 1 is 1.08 bits per heavy atom. The lowest BCUT2D eigenvalue weighted by Crippen LogP contribution is -2.31. The number of aliphatic hydroxyl groups excluding tert-OH is 1. The van der Waals surface area contributed by atoms with E-state index < -0.39 is 17.7 Å². The van der Waals surface area contributed by atoms with Crippen LogP contribution in [0.5, 0.6) is 11.5 Å².